The van der Waals surface area contributed by atoms with Gasteiger partial charge in [0.2, 0.25) is 0 Å². The van der Waals surface area contributed by atoms with Gasteiger partial charge in [0.05, 0.1) is 11.7 Å². The van der Waals surface area contributed by atoms with E-state index in [1.807, 2.05) is 42.5 Å². The van der Waals surface area contributed by atoms with E-state index in [1.54, 1.807) is 0 Å². The van der Waals surface area contributed by atoms with Crippen LogP contribution in [0.1, 0.15) is 11.6 Å². The van der Waals surface area contributed by atoms with Crippen molar-refractivity contribution in [3.8, 4) is 5.75 Å². The largest absolute Gasteiger partial charge is 0.489 e. The predicted octanol–water partition coefficient (Wildman–Crippen LogP) is 3.89. The standard InChI is InChI=1S/C14H12ClNO/c15-11-5-3-4-10(8-11)13-9-17-14-7-2-1-6-12(14)16-13/h1-8,13,16H,9H2/t13-/m1/s1. The average Bonchev–Trinajstić information content (AvgIpc) is 2.38. The Balaban J connectivity index is 1.89. The molecule has 0 unspecified atom stereocenters. The highest BCUT2D eigenvalue weighted by Gasteiger charge is 2.19. The van der Waals surface area contributed by atoms with Crippen molar-refractivity contribution >= 4 is 17.3 Å². The summed E-state index contributed by atoms with van der Waals surface area (Å²) in [7, 11) is 0. The van der Waals surface area contributed by atoms with Crippen LogP contribution in [0.4, 0.5) is 5.69 Å². The zero-order valence-corrected chi connectivity index (χ0v) is 9.95. The lowest BCUT2D eigenvalue weighted by Gasteiger charge is -2.27. The average molecular weight is 246 g/mol. The summed E-state index contributed by atoms with van der Waals surface area (Å²) >= 11 is 6.00. The second-order valence-corrected chi connectivity index (χ2v) is 4.50. The van der Waals surface area contributed by atoms with Gasteiger partial charge in [0.15, 0.2) is 0 Å². The molecule has 0 saturated heterocycles. The Morgan fingerprint density at radius 2 is 2.00 bits per heavy atom. The molecule has 1 atom stereocenters. The molecule has 0 saturated carbocycles. The molecule has 0 bridgehead atoms. The first kappa shape index (κ1) is 10.5. The number of hydrogen-bond donors (Lipinski definition) is 1. The Hall–Kier alpha value is -1.67. The third-order valence-electron chi connectivity index (χ3n) is 2.87. The molecule has 3 rings (SSSR count). The summed E-state index contributed by atoms with van der Waals surface area (Å²) in [5.74, 6) is 0.908. The number of para-hydroxylation sites is 2. The van der Waals surface area contributed by atoms with Crippen LogP contribution in [-0.4, -0.2) is 6.61 Å². The van der Waals surface area contributed by atoms with Gasteiger partial charge in [-0.05, 0) is 29.8 Å². The molecule has 0 aliphatic carbocycles. The molecule has 1 aliphatic heterocycles. The fraction of sp³-hybridized carbons (Fsp3) is 0.143. The zero-order chi connectivity index (χ0) is 11.7. The summed E-state index contributed by atoms with van der Waals surface area (Å²) < 4.78 is 5.72. The number of anilines is 1. The van der Waals surface area contributed by atoms with Crippen LogP contribution in [0.3, 0.4) is 0 Å². The minimum atomic E-state index is 0.156. The number of fused-ring (bicyclic) bond motifs is 1. The van der Waals surface area contributed by atoms with Crippen molar-refractivity contribution in [1.29, 1.82) is 0 Å². The van der Waals surface area contributed by atoms with E-state index in [0.29, 0.717) is 6.61 Å². The van der Waals surface area contributed by atoms with Crippen LogP contribution in [0, 0.1) is 0 Å². The molecule has 0 aromatic heterocycles. The fourth-order valence-corrected chi connectivity index (χ4v) is 2.22. The molecule has 1 aliphatic rings. The Bertz CT molecular complexity index is 541. The van der Waals surface area contributed by atoms with Gasteiger partial charge in [0.25, 0.3) is 0 Å². The highest BCUT2D eigenvalue weighted by molar-refractivity contribution is 6.30. The van der Waals surface area contributed by atoms with Crippen LogP contribution < -0.4 is 10.1 Å². The molecule has 3 heteroatoms. The maximum absolute atomic E-state index is 6.00. The van der Waals surface area contributed by atoms with Gasteiger partial charge >= 0.3 is 0 Å². The van der Waals surface area contributed by atoms with E-state index in [9.17, 15) is 0 Å². The van der Waals surface area contributed by atoms with E-state index in [2.05, 4.69) is 11.4 Å². The normalized spacial score (nSPS) is 17.8. The summed E-state index contributed by atoms with van der Waals surface area (Å²) in [5.41, 5.74) is 2.18. The smallest absolute Gasteiger partial charge is 0.142 e. The molecule has 0 spiro atoms. The van der Waals surface area contributed by atoms with Crippen LogP contribution in [0.5, 0.6) is 5.75 Å². The van der Waals surface area contributed by atoms with Crippen LogP contribution >= 0.6 is 11.6 Å². The van der Waals surface area contributed by atoms with Gasteiger partial charge < -0.3 is 10.1 Å². The lowest BCUT2D eigenvalue weighted by Crippen LogP contribution is -2.23. The van der Waals surface area contributed by atoms with Crippen molar-refractivity contribution in [3.05, 3.63) is 59.1 Å². The van der Waals surface area contributed by atoms with Crippen molar-refractivity contribution in [3.63, 3.8) is 0 Å². The van der Waals surface area contributed by atoms with Crippen molar-refractivity contribution in [1.82, 2.24) is 0 Å². The number of halogens is 1. The van der Waals surface area contributed by atoms with Gasteiger partial charge in [-0.25, -0.2) is 0 Å². The highest BCUT2D eigenvalue weighted by atomic mass is 35.5. The molecule has 1 N–H and O–H groups in total. The molecule has 1 heterocycles. The second-order valence-electron chi connectivity index (χ2n) is 4.06. The second kappa shape index (κ2) is 4.30. The maximum atomic E-state index is 6.00. The molecule has 0 radical (unpaired) electrons. The van der Waals surface area contributed by atoms with Gasteiger partial charge in [-0.3, -0.25) is 0 Å². The topological polar surface area (TPSA) is 21.3 Å². The zero-order valence-electron chi connectivity index (χ0n) is 9.19. The number of benzene rings is 2. The molecule has 2 nitrogen and oxygen atoms in total. The molecule has 0 fully saturated rings. The fourth-order valence-electron chi connectivity index (χ4n) is 2.02. The third-order valence-corrected chi connectivity index (χ3v) is 3.11. The van der Waals surface area contributed by atoms with Gasteiger partial charge in [0, 0.05) is 5.02 Å². The first-order chi connectivity index (χ1) is 8.33. The van der Waals surface area contributed by atoms with Crippen LogP contribution in [0.15, 0.2) is 48.5 Å². The van der Waals surface area contributed by atoms with E-state index in [0.717, 1.165) is 22.0 Å². The minimum Gasteiger partial charge on any atom is -0.489 e. The number of ether oxygens (including phenoxy) is 1. The van der Waals surface area contributed by atoms with Crippen LogP contribution in [-0.2, 0) is 0 Å². The summed E-state index contributed by atoms with van der Waals surface area (Å²) in [5, 5.41) is 4.21. The molecule has 86 valence electrons. The SMILES string of the molecule is Clc1cccc([C@H]2COc3ccccc3N2)c1. The first-order valence-electron chi connectivity index (χ1n) is 5.57. The lowest BCUT2D eigenvalue weighted by atomic mass is 10.1. The predicted molar refractivity (Wildman–Crippen MR) is 69.8 cm³/mol. The quantitative estimate of drug-likeness (QED) is 0.823. The van der Waals surface area contributed by atoms with Gasteiger partial charge in [-0.1, -0.05) is 35.9 Å². The Labute approximate surface area is 105 Å². The number of rotatable bonds is 1. The van der Waals surface area contributed by atoms with E-state index < -0.39 is 0 Å². The van der Waals surface area contributed by atoms with Crippen molar-refractivity contribution in [2.24, 2.45) is 0 Å². The Morgan fingerprint density at radius 3 is 2.88 bits per heavy atom. The molecular formula is C14H12ClNO. The maximum Gasteiger partial charge on any atom is 0.142 e. The highest BCUT2D eigenvalue weighted by Crippen LogP contribution is 2.33. The van der Waals surface area contributed by atoms with E-state index >= 15 is 0 Å². The van der Waals surface area contributed by atoms with Gasteiger partial charge in [0.1, 0.15) is 12.4 Å². The van der Waals surface area contributed by atoms with Crippen LogP contribution in [0.2, 0.25) is 5.02 Å². The Morgan fingerprint density at radius 1 is 1.12 bits per heavy atom. The van der Waals surface area contributed by atoms with Crippen LogP contribution in [0.25, 0.3) is 0 Å². The monoisotopic (exact) mass is 245 g/mol. The number of nitrogens with one attached hydrogen (secondary N) is 1. The van der Waals surface area contributed by atoms with E-state index in [-0.39, 0.29) is 6.04 Å². The molecular weight excluding hydrogens is 234 g/mol. The molecule has 17 heavy (non-hydrogen) atoms. The van der Waals surface area contributed by atoms with E-state index in [4.69, 9.17) is 16.3 Å². The van der Waals surface area contributed by atoms with Crippen molar-refractivity contribution in [2.75, 3.05) is 11.9 Å². The van der Waals surface area contributed by atoms with Crippen molar-refractivity contribution < 1.29 is 4.74 Å². The summed E-state index contributed by atoms with van der Waals surface area (Å²) in [6, 6.07) is 16.0. The lowest BCUT2D eigenvalue weighted by molar-refractivity contribution is 0.286. The third kappa shape index (κ3) is 2.08. The molecule has 0 amide bonds. The first-order valence-corrected chi connectivity index (χ1v) is 5.94. The summed E-state index contributed by atoms with van der Waals surface area (Å²) in [6.07, 6.45) is 0. The van der Waals surface area contributed by atoms with Gasteiger partial charge in [-0.15, -0.1) is 0 Å². The minimum absolute atomic E-state index is 0.156. The summed E-state index contributed by atoms with van der Waals surface area (Å²) in [4.78, 5) is 0. The molecule has 2 aromatic carbocycles. The van der Waals surface area contributed by atoms with Crippen molar-refractivity contribution in [2.45, 2.75) is 6.04 Å². The van der Waals surface area contributed by atoms with E-state index in [1.165, 1.54) is 0 Å². The van der Waals surface area contributed by atoms with Gasteiger partial charge in [-0.2, -0.15) is 0 Å². The summed E-state index contributed by atoms with van der Waals surface area (Å²) in [6.45, 7) is 0.622. The Kier molecular flexibility index (Phi) is 2.65. The molecule has 2 aromatic rings. The number of hydrogen-bond acceptors (Lipinski definition) is 2.